The van der Waals surface area contributed by atoms with Gasteiger partial charge in [0.05, 0.1) is 29.9 Å². The number of anilines is 3. The number of ether oxygens (including phenoxy) is 1. The van der Waals surface area contributed by atoms with Crippen LogP contribution in [0.5, 0.6) is 0 Å². The molecule has 0 aromatic carbocycles. The van der Waals surface area contributed by atoms with Crippen molar-refractivity contribution in [2.24, 2.45) is 0 Å². The lowest BCUT2D eigenvalue weighted by Crippen LogP contribution is -2.01. The lowest BCUT2D eigenvalue weighted by molar-refractivity contribution is 0.0532. The summed E-state index contributed by atoms with van der Waals surface area (Å²) in [5.74, 6) is -0.307. The molecule has 2 aromatic heterocycles. The molecule has 2 aromatic rings. The number of nitrogen functional groups attached to an aromatic ring is 1. The highest BCUT2D eigenvalue weighted by Crippen LogP contribution is 2.26. The molecule has 0 aliphatic heterocycles. The Kier molecular flexibility index (Phi) is 3.78. The predicted molar refractivity (Wildman–Crippen MR) is 72.2 cm³/mol. The van der Waals surface area contributed by atoms with Crippen molar-refractivity contribution in [1.29, 1.82) is 0 Å². The second-order valence-electron chi connectivity index (χ2n) is 3.51. The summed E-state index contributed by atoms with van der Waals surface area (Å²) in [4.78, 5) is 16.0. The summed E-state index contributed by atoms with van der Waals surface area (Å²) in [6.45, 7) is 2.15. The Bertz CT molecular complexity index is 554. The Morgan fingerprint density at radius 1 is 1.61 bits per heavy atom. The molecule has 0 saturated heterocycles. The third kappa shape index (κ3) is 2.78. The van der Waals surface area contributed by atoms with Crippen molar-refractivity contribution in [3.63, 3.8) is 0 Å². The van der Waals surface area contributed by atoms with Crippen LogP contribution in [-0.4, -0.2) is 17.6 Å². The zero-order valence-electron chi connectivity index (χ0n) is 9.84. The fourth-order valence-corrected chi connectivity index (χ4v) is 2.12. The first kappa shape index (κ1) is 12.4. The lowest BCUT2D eigenvalue weighted by atomic mass is 10.3. The van der Waals surface area contributed by atoms with E-state index < -0.39 is 0 Å². The molecule has 0 bridgehead atoms. The van der Waals surface area contributed by atoms with Gasteiger partial charge in [-0.3, -0.25) is 4.98 Å². The summed E-state index contributed by atoms with van der Waals surface area (Å²) in [7, 11) is 0. The van der Waals surface area contributed by atoms with Crippen molar-refractivity contribution in [3.05, 3.63) is 34.8 Å². The van der Waals surface area contributed by atoms with Crippen LogP contribution < -0.4 is 11.1 Å². The number of carbonyl (C=O) groups is 1. The molecule has 0 radical (unpaired) electrons. The second kappa shape index (κ2) is 5.50. The molecule has 0 unspecified atom stereocenters. The highest BCUT2D eigenvalue weighted by atomic mass is 32.1. The van der Waals surface area contributed by atoms with Crippen LogP contribution in [0.25, 0.3) is 0 Å². The molecule has 3 N–H and O–H groups in total. The molecule has 6 heteroatoms. The van der Waals surface area contributed by atoms with Crippen LogP contribution in [0.1, 0.15) is 16.6 Å². The van der Waals surface area contributed by atoms with Gasteiger partial charge in [0.1, 0.15) is 4.88 Å². The first-order valence-electron chi connectivity index (χ1n) is 5.43. The SMILES string of the molecule is CCOC(=O)c1cc(Nc2ccncc2N)cs1. The van der Waals surface area contributed by atoms with Crippen LogP contribution in [-0.2, 0) is 4.74 Å². The van der Waals surface area contributed by atoms with Gasteiger partial charge >= 0.3 is 5.97 Å². The van der Waals surface area contributed by atoms with Gasteiger partial charge in [0.15, 0.2) is 0 Å². The Morgan fingerprint density at radius 2 is 2.44 bits per heavy atom. The van der Waals surface area contributed by atoms with Crippen molar-refractivity contribution in [1.82, 2.24) is 4.98 Å². The van der Waals surface area contributed by atoms with E-state index in [0.29, 0.717) is 17.2 Å². The number of carbonyl (C=O) groups excluding carboxylic acids is 1. The molecule has 18 heavy (non-hydrogen) atoms. The van der Waals surface area contributed by atoms with E-state index in [1.165, 1.54) is 11.3 Å². The van der Waals surface area contributed by atoms with E-state index >= 15 is 0 Å². The van der Waals surface area contributed by atoms with Crippen LogP contribution in [0, 0.1) is 0 Å². The van der Waals surface area contributed by atoms with Gasteiger partial charge in [-0.15, -0.1) is 11.3 Å². The average Bonchev–Trinajstić information content (AvgIpc) is 2.81. The van der Waals surface area contributed by atoms with Crippen molar-refractivity contribution in [2.75, 3.05) is 17.7 Å². The van der Waals surface area contributed by atoms with E-state index in [2.05, 4.69) is 10.3 Å². The maximum Gasteiger partial charge on any atom is 0.348 e. The van der Waals surface area contributed by atoms with Crippen molar-refractivity contribution < 1.29 is 9.53 Å². The van der Waals surface area contributed by atoms with Crippen LogP contribution in [0.4, 0.5) is 17.1 Å². The predicted octanol–water partition coefficient (Wildman–Crippen LogP) is 2.65. The molecule has 0 fully saturated rings. The smallest absolute Gasteiger partial charge is 0.348 e. The number of esters is 1. The molecule has 0 atom stereocenters. The fraction of sp³-hybridized carbons (Fsp3) is 0.167. The Morgan fingerprint density at radius 3 is 3.17 bits per heavy atom. The van der Waals surface area contributed by atoms with Gasteiger partial charge < -0.3 is 15.8 Å². The van der Waals surface area contributed by atoms with Crippen molar-refractivity contribution >= 4 is 34.4 Å². The first-order chi connectivity index (χ1) is 8.70. The van der Waals surface area contributed by atoms with Gasteiger partial charge in [-0.05, 0) is 19.1 Å². The van der Waals surface area contributed by atoms with E-state index in [9.17, 15) is 4.79 Å². The molecule has 2 heterocycles. The topological polar surface area (TPSA) is 77.2 Å². The van der Waals surface area contributed by atoms with Gasteiger partial charge in [0.2, 0.25) is 0 Å². The third-order valence-electron chi connectivity index (χ3n) is 2.21. The Balaban J connectivity index is 2.12. The Hall–Kier alpha value is -2.08. The van der Waals surface area contributed by atoms with E-state index in [0.717, 1.165) is 11.4 Å². The highest BCUT2D eigenvalue weighted by molar-refractivity contribution is 7.12. The summed E-state index contributed by atoms with van der Waals surface area (Å²) >= 11 is 1.33. The average molecular weight is 263 g/mol. The van der Waals surface area contributed by atoms with Gasteiger partial charge in [0, 0.05) is 11.6 Å². The van der Waals surface area contributed by atoms with Crippen molar-refractivity contribution in [3.8, 4) is 0 Å². The molecule has 0 spiro atoms. The molecule has 2 rings (SSSR count). The quantitative estimate of drug-likeness (QED) is 0.829. The number of pyridine rings is 1. The molecular formula is C12H13N3O2S. The zero-order chi connectivity index (χ0) is 13.0. The zero-order valence-corrected chi connectivity index (χ0v) is 10.7. The number of nitrogens with zero attached hydrogens (tertiary/aromatic N) is 1. The highest BCUT2D eigenvalue weighted by Gasteiger charge is 2.10. The van der Waals surface area contributed by atoms with E-state index in [1.54, 1.807) is 31.5 Å². The molecule has 0 aliphatic carbocycles. The lowest BCUT2D eigenvalue weighted by Gasteiger charge is -2.05. The summed E-state index contributed by atoms with van der Waals surface area (Å²) in [5, 5.41) is 4.97. The standard InChI is InChI=1S/C12H13N3O2S/c1-2-17-12(16)11-5-8(7-18-11)15-10-3-4-14-6-9(10)13/h3-7H,2,13H2,1H3,(H,14,15). The Labute approximate surface area is 109 Å². The summed E-state index contributed by atoms with van der Waals surface area (Å²) in [6, 6.07) is 3.51. The first-order valence-corrected chi connectivity index (χ1v) is 6.31. The van der Waals surface area contributed by atoms with E-state index in [-0.39, 0.29) is 5.97 Å². The van der Waals surface area contributed by atoms with Crippen LogP contribution >= 0.6 is 11.3 Å². The minimum absolute atomic E-state index is 0.307. The molecule has 5 nitrogen and oxygen atoms in total. The molecule has 0 aliphatic rings. The molecule has 94 valence electrons. The maximum atomic E-state index is 11.5. The van der Waals surface area contributed by atoms with Crippen LogP contribution in [0.2, 0.25) is 0 Å². The number of rotatable bonds is 4. The largest absolute Gasteiger partial charge is 0.462 e. The molecule has 0 amide bonds. The minimum Gasteiger partial charge on any atom is -0.462 e. The number of nitrogens with one attached hydrogen (secondary N) is 1. The fourth-order valence-electron chi connectivity index (χ4n) is 1.39. The number of thiophene rings is 1. The number of hydrogen-bond acceptors (Lipinski definition) is 6. The molecular weight excluding hydrogens is 250 g/mol. The third-order valence-corrected chi connectivity index (χ3v) is 3.12. The van der Waals surface area contributed by atoms with E-state index in [4.69, 9.17) is 10.5 Å². The normalized spacial score (nSPS) is 10.1. The van der Waals surface area contributed by atoms with Crippen molar-refractivity contribution in [2.45, 2.75) is 6.92 Å². The summed E-state index contributed by atoms with van der Waals surface area (Å²) in [5.41, 5.74) is 7.89. The minimum atomic E-state index is -0.307. The second-order valence-corrected chi connectivity index (χ2v) is 4.42. The van der Waals surface area contributed by atoms with Gasteiger partial charge in [-0.25, -0.2) is 4.79 Å². The number of nitrogens with two attached hydrogens (primary N) is 1. The van der Waals surface area contributed by atoms with Gasteiger partial charge in [-0.2, -0.15) is 0 Å². The molecule has 0 saturated carbocycles. The summed E-state index contributed by atoms with van der Waals surface area (Å²) < 4.78 is 4.92. The van der Waals surface area contributed by atoms with Crippen LogP contribution in [0.15, 0.2) is 29.9 Å². The van der Waals surface area contributed by atoms with E-state index in [1.807, 2.05) is 5.38 Å². The maximum absolute atomic E-state index is 11.5. The van der Waals surface area contributed by atoms with Gasteiger partial charge in [-0.1, -0.05) is 0 Å². The van der Waals surface area contributed by atoms with Crippen LogP contribution in [0.3, 0.4) is 0 Å². The number of aromatic nitrogens is 1. The van der Waals surface area contributed by atoms with Gasteiger partial charge in [0.25, 0.3) is 0 Å². The summed E-state index contributed by atoms with van der Waals surface area (Å²) in [6.07, 6.45) is 3.22. The number of hydrogen-bond donors (Lipinski definition) is 2. The monoisotopic (exact) mass is 263 g/mol.